The highest BCUT2D eigenvalue weighted by Crippen LogP contribution is 2.31. The van der Waals surface area contributed by atoms with Gasteiger partial charge in [-0.15, -0.1) is 11.3 Å². The predicted octanol–water partition coefficient (Wildman–Crippen LogP) is 2.18. The molecule has 1 aromatic heterocycles. The van der Waals surface area contributed by atoms with Gasteiger partial charge >= 0.3 is 0 Å². The summed E-state index contributed by atoms with van der Waals surface area (Å²) in [5.74, 6) is 0.611. The van der Waals surface area contributed by atoms with Crippen LogP contribution in [0.1, 0.15) is 34.8 Å². The van der Waals surface area contributed by atoms with Crippen molar-refractivity contribution in [1.29, 1.82) is 0 Å². The van der Waals surface area contributed by atoms with Crippen LogP contribution >= 0.6 is 11.3 Å². The van der Waals surface area contributed by atoms with Gasteiger partial charge in [0.05, 0.1) is 10.7 Å². The van der Waals surface area contributed by atoms with Gasteiger partial charge in [-0.05, 0) is 39.0 Å². The summed E-state index contributed by atoms with van der Waals surface area (Å²) >= 11 is 1.77. The van der Waals surface area contributed by atoms with E-state index in [0.29, 0.717) is 5.91 Å². The Morgan fingerprint density at radius 2 is 2.18 bits per heavy atom. The van der Waals surface area contributed by atoms with Crippen molar-refractivity contribution in [3.63, 3.8) is 0 Å². The van der Waals surface area contributed by atoms with Crippen LogP contribution in [-0.2, 0) is 17.6 Å². The molecule has 1 aliphatic heterocycles. The van der Waals surface area contributed by atoms with E-state index in [1.54, 1.807) is 11.3 Å². The number of hydrogen-bond donors (Lipinski definition) is 0. The molecule has 0 saturated carbocycles. The molecule has 0 spiro atoms. The second kappa shape index (κ2) is 4.41. The number of rotatable bonds is 1. The van der Waals surface area contributed by atoms with E-state index in [1.165, 1.54) is 23.4 Å². The minimum Gasteiger partial charge on any atom is -0.342 e. The number of fused-ring (bicyclic) bond motifs is 1. The fourth-order valence-corrected chi connectivity index (χ4v) is 3.97. The average molecular weight is 250 g/mol. The summed E-state index contributed by atoms with van der Waals surface area (Å²) in [5.41, 5.74) is 1.25. The van der Waals surface area contributed by atoms with Crippen LogP contribution in [0.25, 0.3) is 0 Å². The first-order valence-corrected chi connectivity index (χ1v) is 7.29. The number of hydrogen-bond acceptors (Lipinski definition) is 3. The van der Waals surface area contributed by atoms with Gasteiger partial charge in [-0.2, -0.15) is 0 Å². The van der Waals surface area contributed by atoms with Crippen LogP contribution in [-0.4, -0.2) is 28.9 Å². The molecule has 1 fully saturated rings. The standard InChI is InChI=1S/C13H18N2OS/c1-9-14-11-5-4-10(8-12(11)17-9)13(16)15-6-2-3-7-15/h10H,2-8H2,1H3. The molecule has 17 heavy (non-hydrogen) atoms. The molecular formula is C13H18N2OS. The monoisotopic (exact) mass is 250 g/mol. The smallest absolute Gasteiger partial charge is 0.226 e. The van der Waals surface area contributed by atoms with Crippen LogP contribution < -0.4 is 0 Å². The van der Waals surface area contributed by atoms with Crippen molar-refractivity contribution in [3.05, 3.63) is 15.6 Å². The van der Waals surface area contributed by atoms with E-state index in [9.17, 15) is 4.79 Å². The first kappa shape index (κ1) is 11.2. The number of carbonyl (C=O) groups is 1. The summed E-state index contributed by atoms with van der Waals surface area (Å²) in [6, 6.07) is 0. The molecule has 1 aromatic rings. The molecule has 4 heteroatoms. The molecule has 1 aliphatic carbocycles. The van der Waals surface area contributed by atoms with Crippen LogP contribution in [0.2, 0.25) is 0 Å². The zero-order valence-electron chi connectivity index (χ0n) is 10.2. The van der Waals surface area contributed by atoms with E-state index in [2.05, 4.69) is 16.8 Å². The molecule has 2 aliphatic rings. The maximum Gasteiger partial charge on any atom is 0.226 e. The largest absolute Gasteiger partial charge is 0.342 e. The second-order valence-electron chi connectivity index (χ2n) is 5.07. The summed E-state index contributed by atoms with van der Waals surface area (Å²) in [7, 11) is 0. The molecule has 0 bridgehead atoms. The second-order valence-corrected chi connectivity index (χ2v) is 6.36. The molecule has 0 radical (unpaired) electrons. The lowest BCUT2D eigenvalue weighted by Crippen LogP contribution is -2.36. The van der Waals surface area contributed by atoms with E-state index in [4.69, 9.17) is 0 Å². The molecule has 1 unspecified atom stereocenters. The Kier molecular flexibility index (Phi) is 2.90. The molecule has 3 nitrogen and oxygen atoms in total. The van der Waals surface area contributed by atoms with Crippen LogP contribution in [0, 0.1) is 12.8 Å². The topological polar surface area (TPSA) is 33.2 Å². The first-order chi connectivity index (χ1) is 8.24. The molecule has 0 aromatic carbocycles. The van der Waals surface area contributed by atoms with Gasteiger partial charge in [0, 0.05) is 23.9 Å². The van der Waals surface area contributed by atoms with Gasteiger partial charge in [0.2, 0.25) is 5.91 Å². The van der Waals surface area contributed by atoms with Crippen molar-refractivity contribution in [2.24, 2.45) is 5.92 Å². The number of aromatic nitrogens is 1. The third kappa shape index (κ3) is 2.10. The van der Waals surface area contributed by atoms with Gasteiger partial charge in [0.25, 0.3) is 0 Å². The van der Waals surface area contributed by atoms with Crippen molar-refractivity contribution in [1.82, 2.24) is 9.88 Å². The van der Waals surface area contributed by atoms with E-state index >= 15 is 0 Å². The average Bonchev–Trinajstić information content (AvgIpc) is 2.94. The summed E-state index contributed by atoms with van der Waals surface area (Å²) in [6.07, 6.45) is 5.28. The number of nitrogens with zero attached hydrogens (tertiary/aromatic N) is 2. The fraction of sp³-hybridized carbons (Fsp3) is 0.692. The minimum atomic E-state index is 0.223. The van der Waals surface area contributed by atoms with Gasteiger partial charge in [0.15, 0.2) is 0 Å². The molecule has 0 N–H and O–H groups in total. The van der Waals surface area contributed by atoms with E-state index in [0.717, 1.165) is 37.4 Å². The summed E-state index contributed by atoms with van der Waals surface area (Å²) in [4.78, 5) is 20.3. The molecule has 92 valence electrons. The van der Waals surface area contributed by atoms with Crippen LogP contribution in [0.15, 0.2) is 0 Å². The molecule has 1 saturated heterocycles. The highest BCUT2D eigenvalue weighted by atomic mass is 32.1. The minimum absolute atomic E-state index is 0.223. The quantitative estimate of drug-likeness (QED) is 0.765. The van der Waals surface area contributed by atoms with E-state index < -0.39 is 0 Å². The first-order valence-electron chi connectivity index (χ1n) is 6.48. The highest BCUT2D eigenvalue weighted by Gasteiger charge is 2.30. The number of likely N-dealkylation sites (tertiary alicyclic amines) is 1. The molecule has 1 atom stereocenters. The summed E-state index contributed by atoms with van der Waals surface area (Å²) < 4.78 is 0. The Labute approximate surface area is 106 Å². The van der Waals surface area contributed by atoms with Gasteiger partial charge < -0.3 is 4.90 Å². The van der Waals surface area contributed by atoms with Crippen molar-refractivity contribution < 1.29 is 4.79 Å². The Morgan fingerprint density at radius 3 is 2.94 bits per heavy atom. The Bertz CT molecular complexity index is 435. The number of amides is 1. The molecule has 1 amide bonds. The molecular weight excluding hydrogens is 232 g/mol. The summed E-state index contributed by atoms with van der Waals surface area (Å²) in [5, 5.41) is 1.14. The number of thiazole rings is 1. The zero-order valence-corrected chi connectivity index (χ0v) is 11.1. The number of aryl methyl sites for hydroxylation is 2. The van der Waals surface area contributed by atoms with Crippen LogP contribution in [0.5, 0.6) is 0 Å². The SMILES string of the molecule is Cc1nc2c(s1)CC(C(=O)N1CCCC1)CC2. The van der Waals surface area contributed by atoms with Gasteiger partial charge in [-0.1, -0.05) is 0 Å². The van der Waals surface area contributed by atoms with Gasteiger partial charge in [-0.3, -0.25) is 4.79 Å². The van der Waals surface area contributed by atoms with Crippen molar-refractivity contribution in [2.75, 3.05) is 13.1 Å². The molecule has 2 heterocycles. The maximum atomic E-state index is 12.3. The lowest BCUT2D eigenvalue weighted by Gasteiger charge is -2.25. The Hall–Kier alpha value is -0.900. The zero-order chi connectivity index (χ0) is 11.8. The maximum absolute atomic E-state index is 12.3. The lowest BCUT2D eigenvalue weighted by molar-refractivity contribution is -0.134. The Balaban J connectivity index is 1.72. The highest BCUT2D eigenvalue weighted by molar-refractivity contribution is 7.11. The van der Waals surface area contributed by atoms with Crippen LogP contribution in [0.4, 0.5) is 0 Å². The Morgan fingerprint density at radius 1 is 1.41 bits per heavy atom. The normalized spacial score (nSPS) is 23.8. The third-order valence-electron chi connectivity index (χ3n) is 3.81. The predicted molar refractivity (Wildman–Crippen MR) is 68.2 cm³/mol. The third-order valence-corrected chi connectivity index (χ3v) is 4.85. The van der Waals surface area contributed by atoms with Crippen LogP contribution in [0.3, 0.4) is 0 Å². The molecule has 3 rings (SSSR count). The van der Waals surface area contributed by atoms with Crippen molar-refractivity contribution in [2.45, 2.75) is 39.0 Å². The summed E-state index contributed by atoms with van der Waals surface area (Å²) in [6.45, 7) is 4.01. The van der Waals surface area contributed by atoms with E-state index in [1.807, 2.05) is 0 Å². The van der Waals surface area contributed by atoms with Gasteiger partial charge in [0.1, 0.15) is 0 Å². The lowest BCUT2D eigenvalue weighted by atomic mass is 9.90. The van der Waals surface area contributed by atoms with Crippen molar-refractivity contribution >= 4 is 17.2 Å². The van der Waals surface area contributed by atoms with Gasteiger partial charge in [-0.25, -0.2) is 4.98 Å². The van der Waals surface area contributed by atoms with Crippen molar-refractivity contribution in [3.8, 4) is 0 Å². The number of carbonyl (C=O) groups excluding carboxylic acids is 1. The van der Waals surface area contributed by atoms with E-state index in [-0.39, 0.29) is 5.92 Å². The fourth-order valence-electron chi connectivity index (χ4n) is 2.91.